The van der Waals surface area contributed by atoms with Crippen molar-refractivity contribution in [3.8, 4) is 0 Å². The zero-order valence-electron chi connectivity index (χ0n) is 4.50. The van der Waals surface area contributed by atoms with Crippen LogP contribution < -0.4 is 0 Å². The minimum absolute atomic E-state index is 0.253. The summed E-state index contributed by atoms with van der Waals surface area (Å²) in [6.45, 7) is 0. The van der Waals surface area contributed by atoms with E-state index in [1.54, 1.807) is 0 Å². The van der Waals surface area contributed by atoms with Crippen LogP contribution in [0, 0.1) is 0 Å². The molecule has 0 aromatic carbocycles. The Morgan fingerprint density at radius 1 is 1.33 bits per heavy atom. The lowest BCUT2D eigenvalue weighted by atomic mass is 10.6. The Kier molecular flexibility index (Phi) is 1.66. The maximum absolute atomic E-state index is 10.6. The Hall–Kier alpha value is -0.640. The minimum atomic E-state index is -0.253. The molecular weight excluding hydrogens is 186 g/mol. The summed E-state index contributed by atoms with van der Waals surface area (Å²) in [5, 5.41) is 0. The van der Waals surface area contributed by atoms with Gasteiger partial charge in [0, 0.05) is 12.2 Å². The summed E-state index contributed by atoms with van der Waals surface area (Å²) in [6.07, 6.45) is 2.51. The van der Waals surface area contributed by atoms with Crippen LogP contribution in [0.15, 0.2) is 12.2 Å². The number of carbonyl (C=O) groups is 2. The molecule has 0 atom stereocenters. The standard InChI is InChI=1S/C5H4BrNO2/c6-3-7-4(8)1-2-5(7)9/h1-2H,3H2. The molecule has 0 radical (unpaired) electrons. The first-order valence-electron chi connectivity index (χ1n) is 2.35. The molecule has 1 rings (SSSR count). The second-order valence-electron chi connectivity index (χ2n) is 1.56. The van der Waals surface area contributed by atoms with Crippen LogP contribution in [0.3, 0.4) is 0 Å². The van der Waals surface area contributed by atoms with Gasteiger partial charge in [0.05, 0.1) is 5.45 Å². The topological polar surface area (TPSA) is 37.4 Å². The van der Waals surface area contributed by atoms with Crippen molar-refractivity contribution in [2.45, 2.75) is 0 Å². The third-order valence-electron chi connectivity index (χ3n) is 1.02. The number of hydrogen-bond acceptors (Lipinski definition) is 2. The van der Waals surface area contributed by atoms with Gasteiger partial charge in [-0.25, -0.2) is 0 Å². The van der Waals surface area contributed by atoms with Gasteiger partial charge in [-0.2, -0.15) is 0 Å². The number of hydrogen-bond donors (Lipinski definition) is 0. The second kappa shape index (κ2) is 2.31. The molecule has 0 spiro atoms. The van der Waals surface area contributed by atoms with Crippen LogP contribution in [0.1, 0.15) is 0 Å². The fourth-order valence-electron chi connectivity index (χ4n) is 0.549. The Bertz CT molecular complexity index is 169. The number of carbonyl (C=O) groups excluding carboxylic acids is 2. The lowest BCUT2D eigenvalue weighted by Gasteiger charge is -2.06. The van der Waals surface area contributed by atoms with Gasteiger partial charge in [-0.3, -0.25) is 14.5 Å². The summed E-state index contributed by atoms with van der Waals surface area (Å²) in [6, 6.07) is 0. The SMILES string of the molecule is O=C1C=CC(=O)N1CBr. The molecule has 0 N–H and O–H groups in total. The van der Waals surface area contributed by atoms with Crippen molar-refractivity contribution < 1.29 is 9.59 Å². The molecule has 0 aliphatic carbocycles. The molecule has 2 amide bonds. The van der Waals surface area contributed by atoms with Crippen molar-refractivity contribution in [2.75, 3.05) is 5.45 Å². The average molecular weight is 190 g/mol. The molecule has 3 nitrogen and oxygen atoms in total. The first-order chi connectivity index (χ1) is 4.25. The number of alkyl halides is 1. The first kappa shape index (κ1) is 6.48. The van der Waals surface area contributed by atoms with Crippen LogP contribution in [0.2, 0.25) is 0 Å². The lowest BCUT2D eigenvalue weighted by Crippen LogP contribution is -2.27. The van der Waals surface area contributed by atoms with E-state index in [0.717, 1.165) is 4.90 Å². The number of halogens is 1. The van der Waals surface area contributed by atoms with Crippen LogP contribution in [-0.2, 0) is 9.59 Å². The highest BCUT2D eigenvalue weighted by molar-refractivity contribution is 9.09. The molecule has 0 aromatic rings. The van der Waals surface area contributed by atoms with E-state index in [0.29, 0.717) is 0 Å². The van der Waals surface area contributed by atoms with E-state index in [9.17, 15) is 9.59 Å². The van der Waals surface area contributed by atoms with Gasteiger partial charge in [-0.05, 0) is 0 Å². The molecule has 0 saturated heterocycles. The summed E-state index contributed by atoms with van der Waals surface area (Å²) in [5.74, 6) is -0.506. The van der Waals surface area contributed by atoms with E-state index >= 15 is 0 Å². The van der Waals surface area contributed by atoms with Crippen LogP contribution in [0.5, 0.6) is 0 Å². The molecule has 1 heterocycles. The van der Waals surface area contributed by atoms with Crippen molar-refractivity contribution in [3.05, 3.63) is 12.2 Å². The van der Waals surface area contributed by atoms with Crippen molar-refractivity contribution in [1.82, 2.24) is 4.90 Å². The Morgan fingerprint density at radius 2 is 1.78 bits per heavy atom. The van der Waals surface area contributed by atoms with Crippen molar-refractivity contribution >= 4 is 27.7 Å². The maximum Gasteiger partial charge on any atom is 0.254 e. The molecule has 0 saturated carbocycles. The third kappa shape index (κ3) is 1.03. The molecule has 48 valence electrons. The molecular formula is C5H4BrNO2. The predicted octanol–water partition coefficient (Wildman–Crippen LogP) is 0.264. The highest BCUT2D eigenvalue weighted by atomic mass is 79.9. The summed E-state index contributed by atoms with van der Waals surface area (Å²) in [7, 11) is 0. The normalized spacial score (nSPS) is 17.7. The predicted molar refractivity (Wildman–Crippen MR) is 34.8 cm³/mol. The quantitative estimate of drug-likeness (QED) is 0.338. The summed E-state index contributed by atoms with van der Waals surface area (Å²) in [5.41, 5.74) is 0.275. The fraction of sp³-hybridized carbons (Fsp3) is 0.200. The van der Waals surface area contributed by atoms with Crippen LogP contribution in [0.25, 0.3) is 0 Å². The Balaban J connectivity index is 2.75. The van der Waals surface area contributed by atoms with Crippen molar-refractivity contribution in [1.29, 1.82) is 0 Å². The van der Waals surface area contributed by atoms with Gasteiger partial charge in [0.25, 0.3) is 11.8 Å². The van der Waals surface area contributed by atoms with E-state index in [1.807, 2.05) is 0 Å². The lowest BCUT2D eigenvalue weighted by molar-refractivity contribution is -0.135. The Morgan fingerprint density at radius 3 is 2.00 bits per heavy atom. The molecule has 4 heteroatoms. The van der Waals surface area contributed by atoms with Gasteiger partial charge < -0.3 is 0 Å². The summed E-state index contributed by atoms with van der Waals surface area (Å²) in [4.78, 5) is 22.3. The number of nitrogens with zero attached hydrogens (tertiary/aromatic N) is 1. The summed E-state index contributed by atoms with van der Waals surface area (Å²) < 4.78 is 0. The first-order valence-corrected chi connectivity index (χ1v) is 3.47. The van der Waals surface area contributed by atoms with Gasteiger partial charge in [-0.15, -0.1) is 0 Å². The third-order valence-corrected chi connectivity index (χ3v) is 1.52. The van der Waals surface area contributed by atoms with Gasteiger partial charge in [-0.1, -0.05) is 15.9 Å². The molecule has 0 bridgehead atoms. The van der Waals surface area contributed by atoms with E-state index in [-0.39, 0.29) is 17.3 Å². The largest absolute Gasteiger partial charge is 0.269 e. The van der Waals surface area contributed by atoms with Gasteiger partial charge in [0.2, 0.25) is 0 Å². The Labute approximate surface area is 60.5 Å². The van der Waals surface area contributed by atoms with Crippen LogP contribution in [-0.4, -0.2) is 22.2 Å². The molecule has 1 aliphatic rings. The minimum Gasteiger partial charge on any atom is -0.269 e. The highest BCUT2D eigenvalue weighted by Gasteiger charge is 2.20. The molecule has 0 fully saturated rings. The smallest absolute Gasteiger partial charge is 0.254 e. The highest BCUT2D eigenvalue weighted by Crippen LogP contribution is 2.04. The molecule has 9 heavy (non-hydrogen) atoms. The maximum atomic E-state index is 10.6. The van der Waals surface area contributed by atoms with Crippen molar-refractivity contribution in [2.24, 2.45) is 0 Å². The average Bonchev–Trinajstić information content (AvgIpc) is 2.12. The zero-order chi connectivity index (χ0) is 6.85. The number of rotatable bonds is 1. The van der Waals surface area contributed by atoms with Gasteiger partial charge >= 0.3 is 0 Å². The molecule has 1 aliphatic heterocycles. The zero-order valence-corrected chi connectivity index (χ0v) is 6.09. The van der Waals surface area contributed by atoms with Crippen LogP contribution in [0.4, 0.5) is 0 Å². The van der Waals surface area contributed by atoms with E-state index in [4.69, 9.17) is 0 Å². The van der Waals surface area contributed by atoms with Crippen LogP contribution >= 0.6 is 15.9 Å². The van der Waals surface area contributed by atoms with E-state index in [1.165, 1.54) is 12.2 Å². The number of amides is 2. The molecule has 0 unspecified atom stereocenters. The molecule has 0 aromatic heterocycles. The van der Waals surface area contributed by atoms with Gasteiger partial charge in [0.1, 0.15) is 0 Å². The van der Waals surface area contributed by atoms with Gasteiger partial charge in [0.15, 0.2) is 0 Å². The summed E-state index contributed by atoms with van der Waals surface area (Å²) >= 11 is 3.00. The van der Waals surface area contributed by atoms with Crippen molar-refractivity contribution in [3.63, 3.8) is 0 Å². The fourth-order valence-corrected chi connectivity index (χ4v) is 1.04. The van der Waals surface area contributed by atoms with E-state index < -0.39 is 0 Å². The second-order valence-corrected chi connectivity index (χ2v) is 2.06. The number of imide groups is 1. The monoisotopic (exact) mass is 189 g/mol. The van der Waals surface area contributed by atoms with E-state index in [2.05, 4.69) is 15.9 Å².